The highest BCUT2D eigenvalue weighted by Crippen LogP contribution is 2.53. The Hall–Kier alpha value is -3.77. The Labute approximate surface area is 189 Å². The normalized spacial score (nSPS) is 18.3. The van der Waals surface area contributed by atoms with Gasteiger partial charge >= 0.3 is 0 Å². The first-order valence-corrected chi connectivity index (χ1v) is 10.6. The fourth-order valence-electron chi connectivity index (χ4n) is 4.57. The number of imidazole rings is 1. The van der Waals surface area contributed by atoms with E-state index in [1.807, 2.05) is 0 Å². The van der Waals surface area contributed by atoms with Crippen LogP contribution < -0.4 is 5.73 Å². The number of halogens is 1. The molecule has 2 aromatic heterocycles. The third-order valence-corrected chi connectivity index (χ3v) is 6.21. The second kappa shape index (κ2) is 7.12. The van der Waals surface area contributed by atoms with Crippen LogP contribution in [-0.2, 0) is 7.05 Å². The molecule has 168 valence electrons. The molecule has 1 aromatic carbocycles. The lowest BCUT2D eigenvalue weighted by molar-refractivity contribution is 0.0967. The van der Waals surface area contributed by atoms with Gasteiger partial charge in [-0.05, 0) is 56.4 Å². The van der Waals surface area contributed by atoms with E-state index in [-0.39, 0.29) is 28.9 Å². The van der Waals surface area contributed by atoms with Crippen molar-refractivity contribution in [3.63, 3.8) is 0 Å². The average molecular weight is 447 g/mol. The van der Waals surface area contributed by atoms with E-state index < -0.39 is 23.1 Å². The number of primary amides is 1. The number of hydrogen-bond acceptors (Lipinski definition) is 5. The molecule has 2 bridgehead atoms. The summed E-state index contributed by atoms with van der Waals surface area (Å²) in [6, 6.07) is 4.52. The van der Waals surface area contributed by atoms with Crippen molar-refractivity contribution < 1.29 is 19.1 Å². The predicted octanol–water partition coefficient (Wildman–Crippen LogP) is 2.31. The number of nitrogens with two attached hydrogens (primary N) is 1. The number of nitrogens with zero attached hydrogens (tertiary/aromatic N) is 4. The Morgan fingerprint density at radius 3 is 2.64 bits per heavy atom. The minimum Gasteiger partial charge on any atom is -0.378 e. The molecule has 0 unspecified atom stereocenters. The van der Waals surface area contributed by atoms with E-state index in [2.05, 4.69) is 21.9 Å². The van der Waals surface area contributed by atoms with E-state index in [4.69, 9.17) is 5.73 Å². The maximum absolute atomic E-state index is 14.9. The summed E-state index contributed by atoms with van der Waals surface area (Å²) in [7, 11) is 1.64. The largest absolute Gasteiger partial charge is 0.378 e. The molecule has 0 radical (unpaired) electrons. The van der Waals surface area contributed by atoms with Crippen molar-refractivity contribution >= 4 is 11.7 Å². The molecule has 9 heteroatoms. The average Bonchev–Trinajstić information content (AvgIpc) is 3.24. The smallest absolute Gasteiger partial charge is 0.269 e. The number of rotatable bonds is 3. The molecule has 0 spiro atoms. The van der Waals surface area contributed by atoms with Gasteiger partial charge < -0.3 is 15.4 Å². The number of benzene rings is 1. The number of amides is 1. The Kier molecular flexibility index (Phi) is 4.55. The summed E-state index contributed by atoms with van der Waals surface area (Å²) in [6.45, 7) is 3.02. The van der Waals surface area contributed by atoms with E-state index in [1.54, 1.807) is 23.7 Å². The standard InChI is InChI=1S/C24H22FN5O3/c1-24(2,33)6-4-12-10-16-15(11-17(12)25)13-8-14(9-13)30-20(19(22(26)32)28-23(16)30)21(31)18-5-7-27-29(18)3/h5,7,10-11,13-14,33H,8-9H2,1-3H3,(H2,26,32). The number of aryl methyl sites for hydroxylation is 1. The lowest BCUT2D eigenvalue weighted by Crippen LogP contribution is -2.28. The van der Waals surface area contributed by atoms with Crippen molar-refractivity contribution in [1.29, 1.82) is 0 Å². The molecule has 6 rings (SSSR count). The van der Waals surface area contributed by atoms with Gasteiger partial charge in [0.25, 0.3) is 5.91 Å². The molecule has 0 atom stereocenters. The number of carbonyl (C=O) groups excluding carboxylic acids is 2. The molecule has 1 amide bonds. The summed E-state index contributed by atoms with van der Waals surface area (Å²) >= 11 is 0. The maximum atomic E-state index is 14.9. The maximum Gasteiger partial charge on any atom is 0.269 e. The molecule has 3 N–H and O–H groups in total. The van der Waals surface area contributed by atoms with Crippen molar-refractivity contribution in [3.05, 3.63) is 58.4 Å². The van der Waals surface area contributed by atoms with Crippen LogP contribution in [-0.4, -0.2) is 41.7 Å². The van der Waals surface area contributed by atoms with Crippen LogP contribution in [0.3, 0.4) is 0 Å². The molecular weight excluding hydrogens is 425 g/mol. The van der Waals surface area contributed by atoms with Gasteiger partial charge in [0.05, 0.1) is 5.56 Å². The SMILES string of the molecule is Cn1nccc1C(=O)c1c(C(N)=O)nc2n1C1CC(C1)c1cc(F)c(C#CC(C)(C)O)cc1-2. The summed E-state index contributed by atoms with van der Waals surface area (Å²) < 4.78 is 18.1. The summed E-state index contributed by atoms with van der Waals surface area (Å²) in [6.07, 6.45) is 2.88. The topological polar surface area (TPSA) is 116 Å². The van der Waals surface area contributed by atoms with Crippen LogP contribution in [0.1, 0.15) is 76.4 Å². The zero-order valence-corrected chi connectivity index (χ0v) is 18.4. The number of hydrogen-bond donors (Lipinski definition) is 2. The zero-order chi connectivity index (χ0) is 23.7. The second-order valence-electron chi connectivity index (χ2n) is 9.09. The number of ketones is 1. The van der Waals surface area contributed by atoms with Crippen LogP contribution in [0.2, 0.25) is 0 Å². The van der Waals surface area contributed by atoms with Crippen LogP contribution in [0.5, 0.6) is 0 Å². The zero-order valence-electron chi connectivity index (χ0n) is 18.4. The lowest BCUT2D eigenvalue weighted by atomic mass is 9.75. The highest BCUT2D eigenvalue weighted by atomic mass is 19.1. The predicted molar refractivity (Wildman–Crippen MR) is 117 cm³/mol. The molecule has 33 heavy (non-hydrogen) atoms. The summed E-state index contributed by atoms with van der Waals surface area (Å²) in [5, 5.41) is 14.0. The van der Waals surface area contributed by atoms with Crippen molar-refractivity contribution in [2.45, 2.75) is 44.2 Å². The fraction of sp³-hybridized carbons (Fsp3) is 0.333. The van der Waals surface area contributed by atoms with Crippen LogP contribution in [0.4, 0.5) is 4.39 Å². The van der Waals surface area contributed by atoms with Gasteiger partial charge in [-0.25, -0.2) is 9.37 Å². The van der Waals surface area contributed by atoms with E-state index in [0.29, 0.717) is 29.9 Å². The molecule has 3 aliphatic rings. The van der Waals surface area contributed by atoms with E-state index in [9.17, 15) is 19.1 Å². The van der Waals surface area contributed by atoms with Crippen molar-refractivity contribution in [2.75, 3.05) is 0 Å². The fourth-order valence-corrected chi connectivity index (χ4v) is 4.57. The minimum absolute atomic E-state index is 0.0702. The first-order chi connectivity index (χ1) is 15.5. The van der Waals surface area contributed by atoms with Gasteiger partial charge in [-0.1, -0.05) is 11.8 Å². The molecule has 2 aliphatic heterocycles. The van der Waals surface area contributed by atoms with Gasteiger partial charge in [-0.15, -0.1) is 0 Å². The first-order valence-electron chi connectivity index (χ1n) is 10.6. The summed E-state index contributed by atoms with van der Waals surface area (Å²) in [4.78, 5) is 30.3. The van der Waals surface area contributed by atoms with Crippen LogP contribution in [0.25, 0.3) is 11.4 Å². The monoisotopic (exact) mass is 447 g/mol. The minimum atomic E-state index is -1.29. The van der Waals surface area contributed by atoms with Gasteiger partial charge in [-0.3, -0.25) is 14.3 Å². The van der Waals surface area contributed by atoms with Gasteiger partial charge in [0.15, 0.2) is 5.69 Å². The van der Waals surface area contributed by atoms with E-state index in [1.165, 1.54) is 30.8 Å². The van der Waals surface area contributed by atoms with Gasteiger partial charge in [0.2, 0.25) is 5.78 Å². The quantitative estimate of drug-likeness (QED) is 0.472. The highest BCUT2D eigenvalue weighted by molar-refractivity contribution is 6.13. The molecular formula is C24H22FN5O3. The van der Waals surface area contributed by atoms with Crippen LogP contribution >= 0.6 is 0 Å². The second-order valence-corrected chi connectivity index (χ2v) is 9.09. The number of aromatic nitrogens is 4. The number of aliphatic hydroxyl groups is 1. The van der Waals surface area contributed by atoms with E-state index >= 15 is 0 Å². The highest BCUT2D eigenvalue weighted by Gasteiger charge is 2.43. The lowest BCUT2D eigenvalue weighted by Gasteiger charge is -2.35. The molecule has 1 aliphatic carbocycles. The molecule has 3 aromatic rings. The molecule has 0 saturated heterocycles. The Balaban J connectivity index is 1.76. The first kappa shape index (κ1) is 21.1. The van der Waals surface area contributed by atoms with Gasteiger partial charge in [-0.2, -0.15) is 5.10 Å². The summed E-state index contributed by atoms with van der Waals surface area (Å²) in [5.74, 6) is 4.11. The van der Waals surface area contributed by atoms with Crippen LogP contribution in [0, 0.1) is 17.7 Å². The Morgan fingerprint density at radius 2 is 2.03 bits per heavy atom. The molecule has 1 fully saturated rings. The van der Waals surface area contributed by atoms with Crippen molar-refractivity contribution in [3.8, 4) is 23.2 Å². The third kappa shape index (κ3) is 3.34. The molecule has 4 heterocycles. The van der Waals surface area contributed by atoms with Gasteiger partial charge in [0.1, 0.15) is 28.6 Å². The van der Waals surface area contributed by atoms with Crippen molar-refractivity contribution in [1.82, 2.24) is 19.3 Å². The number of carbonyl (C=O) groups is 2. The van der Waals surface area contributed by atoms with Crippen molar-refractivity contribution in [2.24, 2.45) is 12.8 Å². The molecule has 1 saturated carbocycles. The Bertz CT molecular complexity index is 1390. The Morgan fingerprint density at radius 1 is 1.30 bits per heavy atom. The summed E-state index contributed by atoms with van der Waals surface area (Å²) in [5.41, 5.74) is 6.09. The van der Waals surface area contributed by atoms with Gasteiger partial charge in [0, 0.05) is 24.8 Å². The van der Waals surface area contributed by atoms with E-state index in [0.717, 1.165) is 5.56 Å². The third-order valence-electron chi connectivity index (χ3n) is 6.21. The molecule has 8 nitrogen and oxygen atoms in total. The van der Waals surface area contributed by atoms with Crippen LogP contribution in [0.15, 0.2) is 24.4 Å².